The van der Waals surface area contributed by atoms with Crippen LogP contribution in [0.4, 0.5) is 0 Å². The van der Waals surface area contributed by atoms with Crippen molar-refractivity contribution in [3.63, 3.8) is 0 Å². The highest BCUT2D eigenvalue weighted by molar-refractivity contribution is 5.90. The number of ether oxygens (including phenoxy) is 2. The van der Waals surface area contributed by atoms with Crippen molar-refractivity contribution in [2.75, 3.05) is 13.2 Å². The minimum Gasteiger partial charge on any atom is -0.478 e. The summed E-state index contributed by atoms with van der Waals surface area (Å²) >= 11 is 0. The lowest BCUT2D eigenvalue weighted by atomic mass is 9.93. The van der Waals surface area contributed by atoms with Gasteiger partial charge < -0.3 is 24.6 Å². The van der Waals surface area contributed by atoms with Crippen LogP contribution >= 0.6 is 0 Å². The molecule has 0 bridgehead atoms. The van der Waals surface area contributed by atoms with Gasteiger partial charge in [-0.2, -0.15) is 0 Å². The fourth-order valence-electron chi connectivity index (χ4n) is 4.44. The molecule has 1 aliphatic rings. The van der Waals surface area contributed by atoms with Crippen LogP contribution in [-0.2, 0) is 52.8 Å². The van der Waals surface area contributed by atoms with Crippen LogP contribution in [0.1, 0.15) is 43.9 Å². The van der Waals surface area contributed by atoms with E-state index in [-0.39, 0.29) is 25.1 Å². The Kier molecular flexibility index (Phi) is 13.9. The van der Waals surface area contributed by atoms with Crippen molar-refractivity contribution >= 4 is 29.8 Å². The molecule has 1 aliphatic heterocycles. The summed E-state index contributed by atoms with van der Waals surface area (Å²) < 4.78 is 10.5. The van der Waals surface area contributed by atoms with Gasteiger partial charge in [-0.1, -0.05) is 54.6 Å². The fourth-order valence-corrected chi connectivity index (χ4v) is 4.44. The van der Waals surface area contributed by atoms with Crippen LogP contribution in [0.15, 0.2) is 66.7 Å². The van der Waals surface area contributed by atoms with Crippen molar-refractivity contribution in [3.8, 4) is 0 Å². The van der Waals surface area contributed by atoms with Crippen molar-refractivity contribution in [1.82, 2.24) is 10.2 Å². The smallest absolute Gasteiger partial charge is 0.329 e. The number of carboxylic acids is 2. The number of nitrogens with zero attached hydrogens (tertiary/aromatic N) is 1. The molecule has 1 amide bonds. The van der Waals surface area contributed by atoms with E-state index in [4.69, 9.17) is 19.7 Å². The number of nitrogens with one attached hydrogen (secondary N) is 1. The number of aryl methyl sites for hydroxylation is 1. The summed E-state index contributed by atoms with van der Waals surface area (Å²) in [5.41, 5.74) is 3.15. The molecule has 1 heterocycles. The van der Waals surface area contributed by atoms with E-state index in [1.54, 1.807) is 25.7 Å². The van der Waals surface area contributed by atoms with Crippen molar-refractivity contribution < 1.29 is 43.7 Å². The number of carboxylic acid groups (broad SMARTS) is 2. The summed E-state index contributed by atoms with van der Waals surface area (Å²) in [6.45, 7) is 6.06. The van der Waals surface area contributed by atoms with E-state index in [1.807, 2.05) is 54.6 Å². The number of esters is 2. The maximum Gasteiger partial charge on any atom is 0.329 e. The minimum absolute atomic E-state index is 0.247. The first-order valence-electron chi connectivity index (χ1n) is 13.7. The highest BCUT2D eigenvalue weighted by atomic mass is 16.5. The normalized spacial score (nSPS) is 15.4. The van der Waals surface area contributed by atoms with Crippen molar-refractivity contribution in [2.45, 2.75) is 64.7 Å². The lowest BCUT2D eigenvalue weighted by Gasteiger charge is -2.37. The Morgan fingerprint density at radius 1 is 0.905 bits per heavy atom. The zero-order valence-corrected chi connectivity index (χ0v) is 24.0. The first kappa shape index (κ1) is 33.7. The van der Waals surface area contributed by atoms with E-state index in [2.05, 4.69) is 5.32 Å². The number of amides is 1. The summed E-state index contributed by atoms with van der Waals surface area (Å²) in [7, 11) is 0. The summed E-state index contributed by atoms with van der Waals surface area (Å²) in [6.07, 6.45) is 2.68. The van der Waals surface area contributed by atoms with E-state index in [0.29, 0.717) is 38.0 Å². The Labute approximate surface area is 245 Å². The number of hydrogen-bond donors (Lipinski definition) is 3. The Hall–Kier alpha value is -4.51. The van der Waals surface area contributed by atoms with E-state index >= 15 is 0 Å². The van der Waals surface area contributed by atoms with Gasteiger partial charge in [0.05, 0.1) is 19.3 Å². The largest absolute Gasteiger partial charge is 0.478 e. The van der Waals surface area contributed by atoms with Crippen LogP contribution in [0.5, 0.6) is 0 Å². The molecule has 42 heavy (non-hydrogen) atoms. The van der Waals surface area contributed by atoms with Crippen LogP contribution in [0.2, 0.25) is 0 Å². The maximum atomic E-state index is 13.5. The Bertz CT molecular complexity index is 1230. The number of carbonyl (C=O) groups excluding carboxylic acids is 3. The molecule has 3 atom stereocenters. The zero-order valence-electron chi connectivity index (χ0n) is 24.0. The van der Waals surface area contributed by atoms with E-state index in [1.165, 1.54) is 0 Å². The quantitative estimate of drug-likeness (QED) is 0.251. The Morgan fingerprint density at radius 3 is 2.05 bits per heavy atom. The summed E-state index contributed by atoms with van der Waals surface area (Å²) in [4.78, 5) is 59.5. The van der Waals surface area contributed by atoms with Gasteiger partial charge >= 0.3 is 23.9 Å². The van der Waals surface area contributed by atoms with Gasteiger partial charge in [0.25, 0.3) is 0 Å². The number of hydrogen-bond acceptors (Lipinski definition) is 8. The molecule has 0 spiro atoms. The van der Waals surface area contributed by atoms with Crippen LogP contribution < -0.4 is 5.32 Å². The highest BCUT2D eigenvalue weighted by Crippen LogP contribution is 2.25. The molecule has 226 valence electrons. The highest BCUT2D eigenvalue weighted by Gasteiger charge is 2.38. The number of benzene rings is 2. The van der Waals surface area contributed by atoms with Gasteiger partial charge in [0, 0.05) is 25.1 Å². The molecule has 2 aromatic rings. The monoisotopic (exact) mass is 582 g/mol. The molecule has 0 radical (unpaired) electrons. The van der Waals surface area contributed by atoms with Gasteiger partial charge in [-0.25, -0.2) is 14.4 Å². The van der Waals surface area contributed by atoms with Crippen molar-refractivity contribution in [1.29, 1.82) is 0 Å². The average Bonchev–Trinajstić information content (AvgIpc) is 2.98. The topological polar surface area (TPSA) is 160 Å². The Morgan fingerprint density at radius 2 is 1.48 bits per heavy atom. The van der Waals surface area contributed by atoms with Crippen LogP contribution in [0, 0.1) is 0 Å². The van der Waals surface area contributed by atoms with Gasteiger partial charge in [0.15, 0.2) is 0 Å². The third-order valence-corrected chi connectivity index (χ3v) is 6.42. The molecule has 0 fully saturated rings. The second-order valence-corrected chi connectivity index (χ2v) is 9.43. The fraction of sp³-hybridized carbons (Fsp3) is 0.387. The number of carbonyl (C=O) groups is 5. The molecular formula is C31H38N2O9. The van der Waals surface area contributed by atoms with Crippen LogP contribution in [-0.4, -0.2) is 76.2 Å². The molecule has 0 saturated carbocycles. The third kappa shape index (κ3) is 10.8. The Balaban J connectivity index is 0.000000675. The molecule has 11 nitrogen and oxygen atoms in total. The maximum absolute atomic E-state index is 13.5. The predicted molar refractivity (Wildman–Crippen MR) is 153 cm³/mol. The van der Waals surface area contributed by atoms with Crippen molar-refractivity contribution in [2.24, 2.45) is 0 Å². The predicted octanol–water partition coefficient (Wildman–Crippen LogP) is 2.76. The second kappa shape index (κ2) is 17.3. The third-order valence-electron chi connectivity index (χ3n) is 6.42. The molecule has 0 saturated heterocycles. The molecular weight excluding hydrogens is 544 g/mol. The van der Waals surface area contributed by atoms with Crippen LogP contribution in [0.3, 0.4) is 0 Å². The number of aliphatic carboxylic acids is 2. The SMILES string of the molecule is CCOC(=O)[C@H](CCc1ccccc1)N[C@@H](C)C(=O)N1Cc2ccccc2C[C@H]1C(=O)OCC.O=C(O)/C=C/C(=O)O. The molecule has 0 aliphatic carbocycles. The van der Waals surface area contributed by atoms with Gasteiger partial charge in [0.2, 0.25) is 5.91 Å². The second-order valence-electron chi connectivity index (χ2n) is 9.43. The van der Waals surface area contributed by atoms with Gasteiger partial charge in [-0.15, -0.1) is 0 Å². The number of fused-ring (bicyclic) bond motifs is 1. The standard InChI is InChI=1S/C27H34N2O5.C4H4O4/c1-4-33-26(31)23(16-15-20-11-7-6-8-12-20)28-19(3)25(30)29-18-22-14-10-9-13-21(22)17-24(29)27(32)34-5-2;5-3(6)1-2-4(7)8/h6-14,19,23-24,28H,4-5,15-18H2,1-3H3;1-2H,(H,5,6)(H,7,8)/b;2-1+/t19-,23-,24-;/m0./s1. The summed E-state index contributed by atoms with van der Waals surface area (Å²) in [5.74, 6) is -3.56. The summed E-state index contributed by atoms with van der Waals surface area (Å²) in [5, 5.41) is 18.8. The van der Waals surface area contributed by atoms with Crippen LogP contribution in [0.25, 0.3) is 0 Å². The van der Waals surface area contributed by atoms with Gasteiger partial charge in [-0.3, -0.25) is 14.9 Å². The van der Waals surface area contributed by atoms with E-state index in [0.717, 1.165) is 16.7 Å². The molecule has 0 unspecified atom stereocenters. The molecule has 2 aromatic carbocycles. The molecule has 0 aromatic heterocycles. The average molecular weight is 583 g/mol. The lowest BCUT2D eigenvalue weighted by Crippen LogP contribution is -2.56. The minimum atomic E-state index is -1.26. The molecule has 3 N–H and O–H groups in total. The molecule has 3 rings (SSSR count). The van der Waals surface area contributed by atoms with E-state index in [9.17, 15) is 24.0 Å². The molecule has 11 heteroatoms. The lowest BCUT2D eigenvalue weighted by molar-refractivity contribution is -0.157. The van der Waals surface area contributed by atoms with E-state index < -0.39 is 36.0 Å². The zero-order chi connectivity index (χ0) is 31.1. The first-order valence-corrected chi connectivity index (χ1v) is 13.7. The summed E-state index contributed by atoms with van der Waals surface area (Å²) in [6, 6.07) is 15.6. The van der Waals surface area contributed by atoms with Crippen molar-refractivity contribution in [3.05, 3.63) is 83.4 Å². The number of rotatable bonds is 12. The van der Waals surface area contributed by atoms with Gasteiger partial charge in [-0.05, 0) is 50.3 Å². The van der Waals surface area contributed by atoms with Gasteiger partial charge in [0.1, 0.15) is 12.1 Å². The first-order chi connectivity index (χ1) is 20.1.